The molecule has 1 aromatic carbocycles. The Bertz CT molecular complexity index is 423. The number of anilines is 1. The Morgan fingerprint density at radius 1 is 1.31 bits per heavy atom. The molecule has 0 aliphatic rings. The second-order valence-electron chi connectivity index (χ2n) is 3.28. The fraction of sp³-hybridized carbons (Fsp3) is 0.182. The molecule has 0 heterocycles. The first-order chi connectivity index (χ1) is 7.32. The van der Waals surface area contributed by atoms with Gasteiger partial charge in [0.25, 0.3) is 9.70 Å². The summed E-state index contributed by atoms with van der Waals surface area (Å²) >= 11 is 16.4. The first kappa shape index (κ1) is 13.4. The number of carbonyl (C=O) groups excluding carboxylic acids is 1. The zero-order valence-corrected chi connectivity index (χ0v) is 10.8. The smallest absolute Gasteiger partial charge is 0.276 e. The molecular weight excluding hydrogens is 268 g/mol. The van der Waals surface area contributed by atoms with Crippen molar-refractivity contribution >= 4 is 52.0 Å². The number of alkyl halides is 3. The predicted molar refractivity (Wildman–Crippen MR) is 70.1 cm³/mol. The summed E-state index contributed by atoms with van der Waals surface area (Å²) < 4.78 is -1.97. The van der Waals surface area contributed by atoms with Gasteiger partial charge in [-0.2, -0.15) is 0 Å². The molecule has 0 unspecified atom stereocenters. The van der Waals surface area contributed by atoms with Crippen LogP contribution in [-0.4, -0.2) is 9.70 Å². The first-order valence-electron chi connectivity index (χ1n) is 4.45. The van der Waals surface area contributed by atoms with Crippen molar-refractivity contribution in [2.45, 2.75) is 10.7 Å². The minimum absolute atomic E-state index is 0.575. The van der Waals surface area contributed by atoms with Gasteiger partial charge in [-0.25, -0.2) is 0 Å². The SMILES string of the molecule is C=C(C)c1ccccc1NC(=O)C(Cl)(Cl)Cl. The monoisotopic (exact) mass is 277 g/mol. The fourth-order valence-corrected chi connectivity index (χ4v) is 1.30. The highest BCUT2D eigenvalue weighted by atomic mass is 35.6. The minimum atomic E-state index is -1.97. The molecular formula is C11H10Cl3NO. The van der Waals surface area contributed by atoms with E-state index in [0.717, 1.165) is 11.1 Å². The minimum Gasteiger partial charge on any atom is -0.322 e. The molecule has 1 amide bonds. The lowest BCUT2D eigenvalue weighted by atomic mass is 10.1. The molecule has 0 aromatic heterocycles. The van der Waals surface area contributed by atoms with Gasteiger partial charge in [0.2, 0.25) is 0 Å². The average molecular weight is 279 g/mol. The largest absolute Gasteiger partial charge is 0.322 e. The van der Waals surface area contributed by atoms with Crippen LogP contribution in [0.5, 0.6) is 0 Å². The molecule has 1 N–H and O–H groups in total. The number of halogens is 3. The van der Waals surface area contributed by atoms with Crippen molar-refractivity contribution < 1.29 is 4.79 Å². The van der Waals surface area contributed by atoms with E-state index in [1.54, 1.807) is 12.1 Å². The Labute approximate surface area is 109 Å². The van der Waals surface area contributed by atoms with Crippen molar-refractivity contribution in [3.05, 3.63) is 36.4 Å². The molecule has 0 bridgehead atoms. The standard InChI is InChI=1S/C11H10Cl3NO/c1-7(2)8-5-3-4-6-9(8)15-10(16)11(12,13)14/h3-6H,1H2,2H3,(H,15,16). The summed E-state index contributed by atoms with van der Waals surface area (Å²) in [4.78, 5) is 11.5. The number of benzene rings is 1. The Hall–Kier alpha value is -0.700. The van der Waals surface area contributed by atoms with Gasteiger partial charge >= 0.3 is 0 Å². The van der Waals surface area contributed by atoms with Crippen LogP contribution in [0.1, 0.15) is 12.5 Å². The highest BCUT2D eigenvalue weighted by Crippen LogP contribution is 2.29. The summed E-state index contributed by atoms with van der Waals surface area (Å²) in [6, 6.07) is 7.17. The van der Waals surface area contributed by atoms with Gasteiger partial charge in [-0.15, -0.1) is 0 Å². The van der Waals surface area contributed by atoms with Crippen LogP contribution >= 0.6 is 34.8 Å². The van der Waals surface area contributed by atoms with Gasteiger partial charge in [-0.3, -0.25) is 4.79 Å². The lowest BCUT2D eigenvalue weighted by Gasteiger charge is -2.14. The molecule has 0 saturated carbocycles. The summed E-state index contributed by atoms with van der Waals surface area (Å²) in [6.07, 6.45) is 0. The molecule has 2 nitrogen and oxygen atoms in total. The maximum Gasteiger partial charge on any atom is 0.276 e. The van der Waals surface area contributed by atoms with E-state index in [4.69, 9.17) is 34.8 Å². The van der Waals surface area contributed by atoms with Crippen LogP contribution in [0.25, 0.3) is 5.57 Å². The van der Waals surface area contributed by atoms with Crippen LogP contribution in [0, 0.1) is 0 Å². The summed E-state index contributed by atoms with van der Waals surface area (Å²) in [7, 11) is 0. The number of para-hydroxylation sites is 1. The molecule has 0 saturated heterocycles. The molecule has 0 radical (unpaired) electrons. The van der Waals surface area contributed by atoms with Crippen molar-refractivity contribution in [2.24, 2.45) is 0 Å². The van der Waals surface area contributed by atoms with E-state index < -0.39 is 9.70 Å². The molecule has 0 atom stereocenters. The van der Waals surface area contributed by atoms with Gasteiger partial charge in [0, 0.05) is 11.3 Å². The summed E-state index contributed by atoms with van der Waals surface area (Å²) in [5.41, 5.74) is 2.21. The van der Waals surface area contributed by atoms with Crippen molar-refractivity contribution in [2.75, 3.05) is 5.32 Å². The van der Waals surface area contributed by atoms with E-state index >= 15 is 0 Å². The third-order valence-corrected chi connectivity index (χ3v) is 2.41. The van der Waals surface area contributed by atoms with E-state index in [2.05, 4.69) is 11.9 Å². The van der Waals surface area contributed by atoms with Crippen molar-refractivity contribution in [1.29, 1.82) is 0 Å². The molecule has 0 fully saturated rings. The average Bonchev–Trinajstić information content (AvgIpc) is 2.16. The molecule has 5 heteroatoms. The highest BCUT2D eigenvalue weighted by Gasteiger charge is 2.30. The van der Waals surface area contributed by atoms with Gasteiger partial charge in [-0.1, -0.05) is 59.6 Å². The number of rotatable bonds is 2. The highest BCUT2D eigenvalue weighted by molar-refractivity contribution is 6.76. The molecule has 86 valence electrons. The molecule has 0 aliphatic carbocycles. The molecule has 0 spiro atoms. The molecule has 1 aromatic rings. The lowest BCUT2D eigenvalue weighted by molar-refractivity contribution is -0.115. The van der Waals surface area contributed by atoms with E-state index in [0.29, 0.717) is 5.69 Å². The van der Waals surface area contributed by atoms with Crippen LogP contribution in [0.2, 0.25) is 0 Å². The quantitative estimate of drug-likeness (QED) is 0.813. The van der Waals surface area contributed by atoms with Crippen LogP contribution < -0.4 is 5.32 Å². The van der Waals surface area contributed by atoms with E-state index in [1.807, 2.05) is 19.1 Å². The number of carbonyl (C=O) groups is 1. The second kappa shape index (κ2) is 5.09. The zero-order chi connectivity index (χ0) is 12.3. The number of hydrogen-bond donors (Lipinski definition) is 1. The number of nitrogens with one attached hydrogen (secondary N) is 1. The number of amides is 1. The Morgan fingerprint density at radius 2 is 1.88 bits per heavy atom. The summed E-state index contributed by atoms with van der Waals surface area (Å²) in [6.45, 7) is 5.64. The van der Waals surface area contributed by atoms with E-state index in [9.17, 15) is 4.79 Å². The van der Waals surface area contributed by atoms with Crippen LogP contribution in [0.3, 0.4) is 0 Å². The molecule has 0 aliphatic heterocycles. The third kappa shape index (κ3) is 3.41. The topological polar surface area (TPSA) is 29.1 Å². The Morgan fingerprint density at radius 3 is 2.38 bits per heavy atom. The normalized spacial score (nSPS) is 11.0. The Balaban J connectivity index is 2.98. The maximum atomic E-state index is 11.5. The number of allylic oxidation sites excluding steroid dienone is 1. The van der Waals surface area contributed by atoms with Gasteiger partial charge < -0.3 is 5.32 Å². The van der Waals surface area contributed by atoms with Crippen molar-refractivity contribution in [3.63, 3.8) is 0 Å². The van der Waals surface area contributed by atoms with Crippen molar-refractivity contribution in [1.82, 2.24) is 0 Å². The van der Waals surface area contributed by atoms with Gasteiger partial charge in [-0.05, 0) is 18.6 Å². The van der Waals surface area contributed by atoms with Gasteiger partial charge in [0.15, 0.2) is 0 Å². The predicted octanol–water partition coefficient (Wildman–Crippen LogP) is 4.03. The van der Waals surface area contributed by atoms with E-state index in [-0.39, 0.29) is 0 Å². The summed E-state index contributed by atoms with van der Waals surface area (Å²) in [5, 5.41) is 2.54. The Kier molecular flexibility index (Phi) is 4.25. The van der Waals surface area contributed by atoms with Crippen LogP contribution in [0.4, 0.5) is 5.69 Å². The third-order valence-electron chi connectivity index (χ3n) is 1.89. The summed E-state index contributed by atoms with van der Waals surface area (Å²) in [5.74, 6) is -0.689. The fourth-order valence-electron chi connectivity index (χ4n) is 1.16. The van der Waals surface area contributed by atoms with Crippen molar-refractivity contribution in [3.8, 4) is 0 Å². The van der Waals surface area contributed by atoms with Gasteiger partial charge in [0.1, 0.15) is 0 Å². The zero-order valence-electron chi connectivity index (χ0n) is 8.56. The lowest BCUT2D eigenvalue weighted by Crippen LogP contribution is -2.27. The van der Waals surface area contributed by atoms with Gasteiger partial charge in [0.05, 0.1) is 0 Å². The maximum absolute atomic E-state index is 11.5. The van der Waals surface area contributed by atoms with E-state index in [1.165, 1.54) is 0 Å². The molecule has 1 rings (SSSR count). The van der Waals surface area contributed by atoms with Crippen LogP contribution in [0.15, 0.2) is 30.8 Å². The van der Waals surface area contributed by atoms with Crippen LogP contribution in [-0.2, 0) is 4.79 Å². The molecule has 16 heavy (non-hydrogen) atoms. The first-order valence-corrected chi connectivity index (χ1v) is 5.59. The second-order valence-corrected chi connectivity index (χ2v) is 5.56. The number of hydrogen-bond acceptors (Lipinski definition) is 1.